The number of fused-ring (bicyclic) bond motifs is 3. The Labute approximate surface area is 211 Å². The topological polar surface area (TPSA) is 25.2 Å². The molecule has 9 rings (SSSR count). The first-order chi connectivity index (χ1) is 17.8. The van der Waals surface area contributed by atoms with Crippen molar-refractivity contribution in [2.24, 2.45) is 0 Å². The Morgan fingerprint density at radius 2 is 1.22 bits per heavy atom. The van der Waals surface area contributed by atoms with Crippen molar-refractivity contribution in [3.8, 4) is 5.69 Å². The van der Waals surface area contributed by atoms with E-state index < -0.39 is 0 Å². The van der Waals surface area contributed by atoms with Crippen LogP contribution in [-0.2, 0) is 0 Å². The van der Waals surface area contributed by atoms with Crippen LogP contribution in [0, 0.1) is 0 Å². The first-order valence-electron chi connectivity index (χ1n) is 12.2. The monoisotopic (exact) mass is 476 g/mol. The van der Waals surface area contributed by atoms with Crippen LogP contribution in [-0.4, -0.2) is 11.3 Å². The number of rotatable bonds is 1. The molecule has 0 saturated heterocycles. The molecule has 0 aliphatic carbocycles. The number of nitrogens with zero attached hydrogens (tertiary/aromatic N) is 2. The van der Waals surface area contributed by atoms with Gasteiger partial charge in [0.2, 0.25) is 0 Å². The summed E-state index contributed by atoms with van der Waals surface area (Å²) in [6, 6.07) is 36.2. The maximum Gasteiger partial charge on any atom is 0.263 e. The van der Waals surface area contributed by atoms with E-state index in [4.69, 9.17) is 0 Å². The van der Waals surface area contributed by atoms with Crippen LogP contribution in [0.3, 0.4) is 0 Å². The smallest absolute Gasteiger partial charge is 0.263 e. The highest BCUT2D eigenvalue weighted by atomic mass is 32.2. The Balaban J connectivity index is 1.56. The molecule has 3 nitrogen and oxygen atoms in total. The zero-order valence-corrected chi connectivity index (χ0v) is 19.9. The number of para-hydroxylation sites is 1. The number of pyridine rings is 1. The minimum absolute atomic E-state index is 0.0549. The van der Waals surface area contributed by atoms with Crippen LogP contribution in [0.15, 0.2) is 118 Å². The molecule has 0 unspecified atom stereocenters. The second-order valence-electron chi connectivity index (χ2n) is 9.66. The van der Waals surface area contributed by atoms with Gasteiger partial charge in [-0.15, -0.1) is 0 Å². The van der Waals surface area contributed by atoms with Crippen molar-refractivity contribution >= 4 is 73.6 Å². The molecule has 1 aromatic heterocycles. The molecule has 5 aromatic carbocycles. The van der Waals surface area contributed by atoms with Gasteiger partial charge in [-0.1, -0.05) is 66.4 Å². The van der Waals surface area contributed by atoms with Crippen molar-refractivity contribution in [1.29, 1.82) is 0 Å². The van der Waals surface area contributed by atoms with Gasteiger partial charge >= 0.3 is 0 Å². The van der Waals surface area contributed by atoms with Crippen molar-refractivity contribution in [3.63, 3.8) is 0 Å². The maximum absolute atomic E-state index is 14.1. The predicted molar refractivity (Wildman–Crippen MR) is 151 cm³/mol. The van der Waals surface area contributed by atoms with Gasteiger partial charge in [-0.3, -0.25) is 9.36 Å². The van der Waals surface area contributed by atoms with E-state index in [1.54, 1.807) is 0 Å². The standard InChI is InChI=1S/C31H17BN2OS/c35-31-21-11-5-4-10-19(21)20-16-17-24-29-30(20)34(31)23-13-7-15-26-28(23)32(29)27-22(12-6-14-25(27)36-26)33(24)18-8-2-1-3-9-18/h1-17H. The largest absolute Gasteiger partial charge is 0.311 e. The Morgan fingerprint density at radius 3 is 2.03 bits per heavy atom. The van der Waals surface area contributed by atoms with E-state index in [0.29, 0.717) is 0 Å². The summed E-state index contributed by atoms with van der Waals surface area (Å²) in [5, 5.41) is 2.92. The molecule has 36 heavy (non-hydrogen) atoms. The molecule has 0 radical (unpaired) electrons. The Morgan fingerprint density at radius 1 is 0.556 bits per heavy atom. The Bertz CT molecular complexity index is 2010. The molecule has 0 bridgehead atoms. The molecule has 5 heteroatoms. The molecule has 0 fully saturated rings. The molecule has 6 aromatic rings. The lowest BCUT2D eigenvalue weighted by molar-refractivity contribution is 1.06. The third kappa shape index (κ3) is 2.12. The number of anilines is 3. The summed E-state index contributed by atoms with van der Waals surface area (Å²) in [5.41, 5.74) is 9.46. The van der Waals surface area contributed by atoms with Gasteiger partial charge in [0.15, 0.2) is 0 Å². The van der Waals surface area contributed by atoms with Gasteiger partial charge in [0.05, 0.1) is 5.52 Å². The van der Waals surface area contributed by atoms with Crippen LogP contribution < -0.4 is 26.8 Å². The number of benzene rings is 5. The van der Waals surface area contributed by atoms with Crippen molar-refractivity contribution < 1.29 is 0 Å². The van der Waals surface area contributed by atoms with Gasteiger partial charge in [0.1, 0.15) is 0 Å². The summed E-state index contributed by atoms with van der Waals surface area (Å²) in [6.45, 7) is 0.0999. The normalized spacial score (nSPS) is 14.0. The van der Waals surface area contributed by atoms with Crippen molar-refractivity contribution in [3.05, 3.63) is 113 Å². The summed E-state index contributed by atoms with van der Waals surface area (Å²) in [5.74, 6) is 0. The third-order valence-electron chi connectivity index (χ3n) is 7.98. The summed E-state index contributed by atoms with van der Waals surface area (Å²) >= 11 is 1.82. The van der Waals surface area contributed by atoms with E-state index in [2.05, 4.69) is 89.8 Å². The van der Waals surface area contributed by atoms with Crippen LogP contribution >= 0.6 is 11.8 Å². The fourth-order valence-electron chi connectivity index (χ4n) is 6.64. The Kier molecular flexibility index (Phi) is 3.44. The molecule has 3 aliphatic heterocycles. The summed E-state index contributed by atoms with van der Waals surface area (Å²) in [6.07, 6.45) is 0. The minimum Gasteiger partial charge on any atom is -0.311 e. The molecule has 0 N–H and O–H groups in total. The molecule has 0 saturated carbocycles. The van der Waals surface area contributed by atoms with E-state index in [0.717, 1.165) is 38.7 Å². The lowest BCUT2D eigenvalue weighted by atomic mass is 9.33. The van der Waals surface area contributed by atoms with Crippen LogP contribution in [0.5, 0.6) is 0 Å². The van der Waals surface area contributed by atoms with Crippen LogP contribution in [0.1, 0.15) is 0 Å². The van der Waals surface area contributed by atoms with Gasteiger partial charge in [-0.2, -0.15) is 0 Å². The quantitative estimate of drug-likeness (QED) is 0.240. The van der Waals surface area contributed by atoms with Gasteiger partial charge in [-0.05, 0) is 70.3 Å². The average molecular weight is 476 g/mol. The van der Waals surface area contributed by atoms with E-state index in [1.165, 1.54) is 31.9 Å². The average Bonchev–Trinajstić information content (AvgIpc) is 2.93. The summed E-state index contributed by atoms with van der Waals surface area (Å²) in [7, 11) is 0. The fourth-order valence-corrected chi connectivity index (χ4v) is 7.84. The molecule has 166 valence electrons. The van der Waals surface area contributed by atoms with Crippen molar-refractivity contribution in [2.75, 3.05) is 4.90 Å². The van der Waals surface area contributed by atoms with E-state index >= 15 is 0 Å². The highest BCUT2D eigenvalue weighted by molar-refractivity contribution is 8.00. The predicted octanol–water partition coefficient (Wildman–Crippen LogP) is 5.22. The van der Waals surface area contributed by atoms with Gasteiger partial charge in [0.25, 0.3) is 12.3 Å². The molecule has 0 amide bonds. The Hall–Kier alpha value is -4.22. The van der Waals surface area contributed by atoms with Gasteiger partial charge < -0.3 is 4.90 Å². The SMILES string of the molecule is O=c1c2ccccc2c2ccc3c4c2n1-c1cccc2c1B4c1c(cccc1N3c1ccccc1)S2. The molecule has 3 aliphatic rings. The van der Waals surface area contributed by atoms with Crippen molar-refractivity contribution in [2.45, 2.75) is 9.79 Å². The van der Waals surface area contributed by atoms with Gasteiger partial charge in [-0.25, -0.2) is 0 Å². The molecule has 0 spiro atoms. The van der Waals surface area contributed by atoms with Crippen LogP contribution in [0.2, 0.25) is 0 Å². The second kappa shape index (κ2) is 6.51. The van der Waals surface area contributed by atoms with E-state index in [-0.39, 0.29) is 12.3 Å². The first kappa shape index (κ1) is 19.0. The highest BCUT2D eigenvalue weighted by Gasteiger charge is 2.46. The highest BCUT2D eigenvalue weighted by Crippen LogP contribution is 2.44. The zero-order valence-electron chi connectivity index (χ0n) is 19.1. The number of hydrogen-bond acceptors (Lipinski definition) is 3. The van der Waals surface area contributed by atoms with Crippen molar-refractivity contribution in [1.82, 2.24) is 4.57 Å². The molecule has 0 atom stereocenters. The lowest BCUT2D eigenvalue weighted by Crippen LogP contribution is -2.63. The zero-order chi connectivity index (χ0) is 23.5. The van der Waals surface area contributed by atoms with E-state index in [1.807, 2.05) is 34.5 Å². The van der Waals surface area contributed by atoms with Gasteiger partial charge in [0, 0.05) is 43.3 Å². The second-order valence-corrected chi connectivity index (χ2v) is 10.7. The minimum atomic E-state index is 0.0549. The fraction of sp³-hybridized carbons (Fsp3) is 0. The summed E-state index contributed by atoms with van der Waals surface area (Å²) in [4.78, 5) is 19.0. The lowest BCUT2D eigenvalue weighted by Gasteiger charge is -2.43. The van der Waals surface area contributed by atoms with Crippen LogP contribution in [0.25, 0.3) is 27.4 Å². The molecule has 4 heterocycles. The van der Waals surface area contributed by atoms with E-state index in [9.17, 15) is 4.79 Å². The number of hydrogen-bond donors (Lipinski definition) is 0. The summed E-state index contributed by atoms with van der Waals surface area (Å²) < 4.78 is 1.99. The maximum atomic E-state index is 14.1. The molecular formula is C31H17BN2OS. The third-order valence-corrected chi connectivity index (χ3v) is 9.13. The van der Waals surface area contributed by atoms with Crippen LogP contribution in [0.4, 0.5) is 17.1 Å². The first-order valence-corrected chi connectivity index (χ1v) is 13.0. The molecular weight excluding hydrogens is 459 g/mol. The number of aromatic nitrogens is 1.